The lowest BCUT2D eigenvalue weighted by Crippen LogP contribution is -2.28. The van der Waals surface area contributed by atoms with Crippen LogP contribution < -0.4 is 5.32 Å². The van der Waals surface area contributed by atoms with E-state index in [9.17, 15) is 4.79 Å². The first kappa shape index (κ1) is 15.3. The molecule has 0 aromatic heterocycles. The van der Waals surface area contributed by atoms with Crippen LogP contribution in [0.1, 0.15) is 37.3 Å². The topological polar surface area (TPSA) is 50.7 Å². The molecule has 23 heavy (non-hydrogen) atoms. The Morgan fingerprint density at radius 1 is 1.13 bits per heavy atom. The van der Waals surface area contributed by atoms with Crippen molar-refractivity contribution in [2.45, 2.75) is 32.3 Å². The predicted molar refractivity (Wildman–Crippen MR) is 91.6 cm³/mol. The van der Waals surface area contributed by atoms with E-state index in [4.69, 9.17) is 4.84 Å². The van der Waals surface area contributed by atoms with Gasteiger partial charge in [-0.25, -0.2) is 0 Å². The number of oxime groups is 1. The van der Waals surface area contributed by atoms with Crippen molar-refractivity contribution in [2.24, 2.45) is 5.16 Å². The summed E-state index contributed by atoms with van der Waals surface area (Å²) in [5.41, 5.74) is 3.82. The van der Waals surface area contributed by atoms with Crippen molar-refractivity contribution >= 4 is 17.3 Å². The second kappa shape index (κ2) is 6.65. The van der Waals surface area contributed by atoms with Crippen LogP contribution in [0.4, 0.5) is 5.69 Å². The normalized spacial score (nSPS) is 16.8. The van der Waals surface area contributed by atoms with Gasteiger partial charge in [0, 0.05) is 12.1 Å². The summed E-state index contributed by atoms with van der Waals surface area (Å²) in [6.07, 6.45) is -0.0881. The molecule has 0 aliphatic carbocycles. The summed E-state index contributed by atoms with van der Waals surface area (Å²) in [5.74, 6) is 0.303. The zero-order chi connectivity index (χ0) is 16.2. The first-order valence-corrected chi connectivity index (χ1v) is 7.82. The molecule has 1 aliphatic rings. The van der Waals surface area contributed by atoms with E-state index in [0.29, 0.717) is 12.3 Å². The van der Waals surface area contributed by atoms with Gasteiger partial charge in [0.25, 0.3) is 5.91 Å². The molecule has 0 bridgehead atoms. The fourth-order valence-electron chi connectivity index (χ4n) is 2.49. The Labute approximate surface area is 136 Å². The maximum Gasteiger partial charge on any atom is 0.268 e. The van der Waals surface area contributed by atoms with Crippen LogP contribution in [0.25, 0.3) is 0 Å². The van der Waals surface area contributed by atoms with Crippen molar-refractivity contribution in [2.75, 3.05) is 5.32 Å². The Morgan fingerprint density at radius 2 is 1.83 bits per heavy atom. The van der Waals surface area contributed by atoms with Gasteiger partial charge in [-0.3, -0.25) is 4.79 Å². The summed E-state index contributed by atoms with van der Waals surface area (Å²) < 4.78 is 0. The molecule has 0 saturated carbocycles. The highest BCUT2D eigenvalue weighted by atomic mass is 16.6. The van der Waals surface area contributed by atoms with E-state index >= 15 is 0 Å². The van der Waals surface area contributed by atoms with Crippen LogP contribution in [0.2, 0.25) is 0 Å². The number of hydrogen-bond acceptors (Lipinski definition) is 3. The molecule has 2 aromatic carbocycles. The van der Waals surface area contributed by atoms with Crippen LogP contribution in [0.5, 0.6) is 0 Å². The lowest BCUT2D eigenvalue weighted by atomic mass is 10.0. The van der Waals surface area contributed by atoms with Gasteiger partial charge in [0.2, 0.25) is 6.10 Å². The molecular weight excluding hydrogens is 288 g/mol. The van der Waals surface area contributed by atoms with E-state index in [1.807, 2.05) is 54.6 Å². The summed E-state index contributed by atoms with van der Waals surface area (Å²) >= 11 is 0. The molecule has 1 N–H and O–H groups in total. The van der Waals surface area contributed by atoms with Crippen LogP contribution in [0.3, 0.4) is 0 Å². The second-order valence-corrected chi connectivity index (χ2v) is 5.97. The third kappa shape index (κ3) is 3.59. The third-order valence-electron chi connectivity index (χ3n) is 3.91. The summed E-state index contributed by atoms with van der Waals surface area (Å²) in [6.45, 7) is 4.28. The highest BCUT2D eigenvalue weighted by molar-refractivity contribution is 6.06. The van der Waals surface area contributed by atoms with E-state index in [-0.39, 0.29) is 5.91 Å². The van der Waals surface area contributed by atoms with Crippen molar-refractivity contribution in [1.82, 2.24) is 0 Å². The highest BCUT2D eigenvalue weighted by Gasteiger charge is 2.28. The van der Waals surface area contributed by atoms with E-state index in [1.165, 1.54) is 5.56 Å². The van der Waals surface area contributed by atoms with Gasteiger partial charge in [0.1, 0.15) is 0 Å². The lowest BCUT2D eigenvalue weighted by molar-refractivity contribution is -0.125. The first-order chi connectivity index (χ1) is 11.1. The summed E-state index contributed by atoms with van der Waals surface area (Å²) in [4.78, 5) is 17.6. The molecule has 0 spiro atoms. The molecule has 2 aromatic rings. The Morgan fingerprint density at radius 3 is 2.48 bits per heavy atom. The largest absolute Gasteiger partial charge is 0.382 e. The van der Waals surface area contributed by atoms with Crippen molar-refractivity contribution in [3.8, 4) is 0 Å². The van der Waals surface area contributed by atoms with Gasteiger partial charge < -0.3 is 10.2 Å². The molecule has 0 saturated heterocycles. The maximum absolute atomic E-state index is 12.3. The van der Waals surface area contributed by atoms with E-state index < -0.39 is 6.10 Å². The monoisotopic (exact) mass is 308 g/mol. The van der Waals surface area contributed by atoms with Gasteiger partial charge in [-0.1, -0.05) is 61.5 Å². The molecule has 1 aliphatic heterocycles. The van der Waals surface area contributed by atoms with E-state index in [0.717, 1.165) is 17.0 Å². The smallest absolute Gasteiger partial charge is 0.268 e. The summed E-state index contributed by atoms with van der Waals surface area (Å²) in [6, 6.07) is 17.7. The molecule has 1 atom stereocenters. The number of nitrogens with one attached hydrogen (secondary N) is 1. The van der Waals surface area contributed by atoms with Crippen LogP contribution in [-0.4, -0.2) is 17.7 Å². The van der Waals surface area contributed by atoms with Gasteiger partial charge in [-0.2, -0.15) is 0 Å². The fraction of sp³-hybridized carbons (Fsp3) is 0.263. The number of carbonyl (C=O) groups excluding carboxylic acids is 1. The summed E-state index contributed by atoms with van der Waals surface area (Å²) in [7, 11) is 0. The van der Waals surface area contributed by atoms with Gasteiger partial charge in [-0.05, 0) is 29.2 Å². The number of carbonyl (C=O) groups is 1. The van der Waals surface area contributed by atoms with Gasteiger partial charge in [-0.15, -0.1) is 0 Å². The molecule has 118 valence electrons. The SMILES string of the molecule is CC(C)c1ccc(NC(=O)C2CC(c3ccccc3)=NO2)cc1. The minimum atomic E-state index is -0.574. The Kier molecular flexibility index (Phi) is 4.42. The van der Waals surface area contributed by atoms with E-state index in [1.54, 1.807) is 0 Å². The van der Waals surface area contributed by atoms with Gasteiger partial charge >= 0.3 is 0 Å². The van der Waals surface area contributed by atoms with Crippen molar-refractivity contribution < 1.29 is 9.63 Å². The number of benzene rings is 2. The molecule has 1 unspecified atom stereocenters. The van der Waals surface area contributed by atoms with Crippen molar-refractivity contribution in [3.63, 3.8) is 0 Å². The Balaban J connectivity index is 1.60. The number of amides is 1. The third-order valence-corrected chi connectivity index (χ3v) is 3.91. The van der Waals surface area contributed by atoms with Crippen LogP contribution in [0.15, 0.2) is 59.8 Å². The zero-order valence-electron chi connectivity index (χ0n) is 13.3. The zero-order valence-corrected chi connectivity index (χ0v) is 13.3. The predicted octanol–water partition coefficient (Wildman–Crippen LogP) is 3.94. The van der Waals surface area contributed by atoms with Gasteiger partial charge in [0.05, 0.1) is 5.71 Å². The van der Waals surface area contributed by atoms with Crippen LogP contribution in [0, 0.1) is 0 Å². The second-order valence-electron chi connectivity index (χ2n) is 5.97. The maximum atomic E-state index is 12.3. The fourth-order valence-corrected chi connectivity index (χ4v) is 2.49. The standard InChI is InChI=1S/C19H20N2O2/c1-13(2)14-8-10-16(11-9-14)20-19(22)18-12-17(21-23-18)15-6-4-3-5-7-15/h3-11,13,18H,12H2,1-2H3,(H,20,22). The number of nitrogens with zero attached hydrogens (tertiary/aromatic N) is 1. The van der Waals surface area contributed by atoms with Crippen LogP contribution in [-0.2, 0) is 9.63 Å². The molecular formula is C19H20N2O2. The molecule has 0 fully saturated rings. The average molecular weight is 308 g/mol. The van der Waals surface area contributed by atoms with Gasteiger partial charge in [0.15, 0.2) is 0 Å². The Hall–Kier alpha value is -2.62. The number of rotatable bonds is 4. The Bertz CT molecular complexity index is 706. The minimum Gasteiger partial charge on any atom is -0.382 e. The molecule has 4 heteroatoms. The molecule has 3 rings (SSSR count). The van der Waals surface area contributed by atoms with E-state index in [2.05, 4.69) is 24.3 Å². The number of hydrogen-bond donors (Lipinski definition) is 1. The van der Waals surface area contributed by atoms with Crippen molar-refractivity contribution in [1.29, 1.82) is 0 Å². The lowest BCUT2D eigenvalue weighted by Gasteiger charge is -2.11. The van der Waals surface area contributed by atoms with Crippen LogP contribution >= 0.6 is 0 Å². The quantitative estimate of drug-likeness (QED) is 0.930. The molecule has 0 radical (unpaired) electrons. The molecule has 1 amide bonds. The first-order valence-electron chi connectivity index (χ1n) is 7.82. The molecule has 4 nitrogen and oxygen atoms in total. The highest BCUT2D eigenvalue weighted by Crippen LogP contribution is 2.20. The number of anilines is 1. The molecule has 1 heterocycles. The van der Waals surface area contributed by atoms with Crippen molar-refractivity contribution in [3.05, 3.63) is 65.7 Å². The average Bonchev–Trinajstić information content (AvgIpc) is 3.06. The summed E-state index contributed by atoms with van der Waals surface area (Å²) in [5, 5.41) is 6.93. The minimum absolute atomic E-state index is 0.169.